The molecule has 0 aliphatic carbocycles. The molecule has 1 saturated heterocycles. The topological polar surface area (TPSA) is 110 Å². The molecule has 3 aromatic rings. The third-order valence-corrected chi connectivity index (χ3v) is 5.38. The van der Waals surface area contributed by atoms with E-state index in [0.29, 0.717) is 28.7 Å². The molecule has 174 valence electrons. The van der Waals surface area contributed by atoms with Crippen LogP contribution in [-0.2, 0) is 16.9 Å². The number of nitrogens with zero attached hydrogens (tertiary/aromatic N) is 2. The first-order valence-electron chi connectivity index (χ1n) is 10.7. The number of carbonyl (C=O) groups excluding carboxylic acids is 3. The average Bonchev–Trinajstić information content (AvgIpc) is 3.08. The van der Waals surface area contributed by atoms with Crippen LogP contribution in [0.5, 0.6) is 11.5 Å². The number of benzene rings is 2. The van der Waals surface area contributed by atoms with Crippen molar-refractivity contribution >= 4 is 17.8 Å². The molecule has 1 aliphatic heterocycles. The molecule has 9 nitrogen and oxygen atoms in total. The number of hydrazine groups is 1. The number of nitrogens with one attached hydrogen (secondary N) is 2. The van der Waals surface area contributed by atoms with Gasteiger partial charge in [0.2, 0.25) is 0 Å². The van der Waals surface area contributed by atoms with Crippen molar-refractivity contribution in [1.82, 2.24) is 20.7 Å². The molecule has 1 aliphatic rings. The molecule has 0 bridgehead atoms. The second-order valence-electron chi connectivity index (χ2n) is 7.75. The number of hydrogen-bond donors (Lipinski definition) is 2. The zero-order valence-corrected chi connectivity index (χ0v) is 18.8. The molecule has 4 rings (SSSR count). The van der Waals surface area contributed by atoms with Crippen molar-refractivity contribution in [2.24, 2.45) is 0 Å². The minimum atomic E-state index is -1.29. The number of carbonyl (C=O) groups is 3. The molecule has 1 aromatic heterocycles. The van der Waals surface area contributed by atoms with Gasteiger partial charge in [-0.3, -0.25) is 20.0 Å². The Kier molecular flexibility index (Phi) is 6.44. The molecule has 2 aromatic carbocycles. The Hall–Kier alpha value is -4.40. The van der Waals surface area contributed by atoms with Gasteiger partial charge in [-0.1, -0.05) is 36.4 Å². The Morgan fingerprint density at radius 2 is 1.85 bits per heavy atom. The monoisotopic (exact) mass is 460 g/mol. The fraction of sp³-hybridized carbons (Fsp3) is 0.200. The second-order valence-corrected chi connectivity index (χ2v) is 7.75. The summed E-state index contributed by atoms with van der Waals surface area (Å²) >= 11 is 0. The molecule has 0 saturated carbocycles. The molecule has 9 heteroatoms. The van der Waals surface area contributed by atoms with E-state index in [1.807, 2.05) is 25.1 Å². The predicted octanol–water partition coefficient (Wildman–Crippen LogP) is 3.17. The van der Waals surface area contributed by atoms with Crippen molar-refractivity contribution in [2.75, 3.05) is 6.61 Å². The third-order valence-electron chi connectivity index (χ3n) is 5.38. The summed E-state index contributed by atoms with van der Waals surface area (Å²) in [4.78, 5) is 42.5. The van der Waals surface area contributed by atoms with Crippen LogP contribution in [0.2, 0.25) is 0 Å². The van der Waals surface area contributed by atoms with Crippen LogP contribution in [0, 0.1) is 0 Å². The molecular weight excluding hydrogens is 436 g/mol. The molecule has 1 fully saturated rings. The van der Waals surface area contributed by atoms with Gasteiger partial charge in [0.05, 0.1) is 6.61 Å². The van der Waals surface area contributed by atoms with E-state index in [0.717, 1.165) is 5.56 Å². The quantitative estimate of drug-likeness (QED) is 0.500. The van der Waals surface area contributed by atoms with Crippen LogP contribution in [0.25, 0.3) is 0 Å². The minimum Gasteiger partial charge on any atom is -0.490 e. The SMILES string of the molecule is CCOc1cc(C(=O)NN2C(=O)NC(C)(c3ccccc3)C2=O)ccc1OCc1cccnc1. The zero-order valence-electron chi connectivity index (χ0n) is 18.8. The van der Waals surface area contributed by atoms with Crippen molar-refractivity contribution in [3.05, 3.63) is 89.7 Å². The first kappa shape index (κ1) is 22.8. The second kappa shape index (κ2) is 9.62. The number of hydrogen-bond acceptors (Lipinski definition) is 6. The summed E-state index contributed by atoms with van der Waals surface area (Å²) < 4.78 is 11.5. The Labute approximate surface area is 196 Å². The number of imide groups is 1. The summed E-state index contributed by atoms with van der Waals surface area (Å²) in [5.74, 6) is -0.404. The molecule has 2 N–H and O–H groups in total. The summed E-state index contributed by atoms with van der Waals surface area (Å²) in [7, 11) is 0. The van der Waals surface area contributed by atoms with Gasteiger partial charge >= 0.3 is 6.03 Å². The smallest absolute Gasteiger partial charge is 0.344 e. The van der Waals surface area contributed by atoms with Gasteiger partial charge in [0.15, 0.2) is 11.5 Å². The number of ether oxygens (including phenoxy) is 2. The van der Waals surface area contributed by atoms with Gasteiger partial charge in [0.1, 0.15) is 12.1 Å². The van der Waals surface area contributed by atoms with Crippen LogP contribution in [-0.4, -0.2) is 34.4 Å². The molecule has 1 unspecified atom stereocenters. The van der Waals surface area contributed by atoms with Crippen LogP contribution in [0.4, 0.5) is 4.79 Å². The lowest BCUT2D eigenvalue weighted by molar-refractivity contribution is -0.132. The van der Waals surface area contributed by atoms with E-state index in [2.05, 4.69) is 15.7 Å². The van der Waals surface area contributed by atoms with Gasteiger partial charge in [0.25, 0.3) is 11.8 Å². The first-order chi connectivity index (χ1) is 16.4. The standard InChI is InChI=1S/C25H24N4O5/c1-3-33-21-14-18(11-12-20(21)34-16-17-8-7-13-26-15-17)22(30)28-29-23(31)25(2,27-24(29)32)19-9-5-4-6-10-19/h4-15H,3,16H2,1-2H3,(H,27,32)(H,28,30). The minimum absolute atomic E-state index is 0.200. The maximum Gasteiger partial charge on any atom is 0.344 e. The van der Waals surface area contributed by atoms with Gasteiger partial charge in [-0.15, -0.1) is 0 Å². The van der Waals surface area contributed by atoms with E-state index < -0.39 is 23.4 Å². The highest BCUT2D eigenvalue weighted by molar-refractivity contribution is 6.09. The summed E-state index contributed by atoms with van der Waals surface area (Å²) in [5.41, 5.74) is 2.80. The molecule has 4 amide bonds. The lowest BCUT2D eigenvalue weighted by Crippen LogP contribution is -2.47. The summed E-state index contributed by atoms with van der Waals surface area (Å²) in [6.07, 6.45) is 3.37. The summed E-state index contributed by atoms with van der Waals surface area (Å²) in [6, 6.07) is 16.5. The maximum absolute atomic E-state index is 13.0. The largest absolute Gasteiger partial charge is 0.490 e. The highest BCUT2D eigenvalue weighted by Crippen LogP contribution is 2.30. The fourth-order valence-corrected chi connectivity index (χ4v) is 3.56. The molecule has 0 spiro atoms. The molecular formula is C25H24N4O5. The van der Waals surface area contributed by atoms with Gasteiger partial charge in [-0.25, -0.2) is 4.79 Å². The maximum atomic E-state index is 13.0. The number of pyridine rings is 1. The van der Waals surface area contributed by atoms with Crippen molar-refractivity contribution in [3.8, 4) is 11.5 Å². The van der Waals surface area contributed by atoms with Gasteiger partial charge in [-0.05, 0) is 43.7 Å². The predicted molar refractivity (Wildman–Crippen MR) is 123 cm³/mol. The molecule has 0 radical (unpaired) electrons. The number of rotatable bonds is 8. The Morgan fingerprint density at radius 1 is 1.06 bits per heavy atom. The van der Waals surface area contributed by atoms with Gasteiger partial charge in [-0.2, -0.15) is 5.01 Å². The van der Waals surface area contributed by atoms with E-state index in [-0.39, 0.29) is 12.2 Å². The molecule has 34 heavy (non-hydrogen) atoms. The number of amides is 4. The zero-order chi connectivity index (χ0) is 24.1. The molecule has 1 atom stereocenters. The van der Waals surface area contributed by atoms with Crippen molar-refractivity contribution in [2.45, 2.75) is 26.0 Å². The van der Waals surface area contributed by atoms with Gasteiger partial charge < -0.3 is 14.8 Å². The van der Waals surface area contributed by atoms with Crippen LogP contribution in [0.15, 0.2) is 73.1 Å². The van der Waals surface area contributed by atoms with Crippen LogP contribution in [0.3, 0.4) is 0 Å². The average molecular weight is 460 g/mol. The lowest BCUT2D eigenvalue weighted by atomic mass is 9.92. The molecule has 2 heterocycles. The van der Waals surface area contributed by atoms with E-state index in [1.165, 1.54) is 12.1 Å². The summed E-state index contributed by atoms with van der Waals surface area (Å²) in [6.45, 7) is 4.04. The highest BCUT2D eigenvalue weighted by atomic mass is 16.5. The van der Waals surface area contributed by atoms with Gasteiger partial charge in [0, 0.05) is 23.5 Å². The highest BCUT2D eigenvalue weighted by Gasteiger charge is 2.50. The van der Waals surface area contributed by atoms with Crippen LogP contribution < -0.4 is 20.2 Å². The Morgan fingerprint density at radius 3 is 2.56 bits per heavy atom. The van der Waals surface area contributed by atoms with E-state index in [1.54, 1.807) is 49.6 Å². The van der Waals surface area contributed by atoms with Crippen molar-refractivity contribution < 1.29 is 23.9 Å². The third kappa shape index (κ3) is 4.54. The summed E-state index contributed by atoms with van der Waals surface area (Å²) in [5, 5.41) is 3.35. The van der Waals surface area contributed by atoms with Crippen molar-refractivity contribution in [3.63, 3.8) is 0 Å². The number of aromatic nitrogens is 1. The van der Waals surface area contributed by atoms with E-state index in [9.17, 15) is 14.4 Å². The van der Waals surface area contributed by atoms with E-state index in [4.69, 9.17) is 9.47 Å². The Bertz CT molecular complexity index is 1200. The Balaban J connectivity index is 1.49. The number of urea groups is 1. The van der Waals surface area contributed by atoms with Crippen LogP contribution in [0.1, 0.15) is 35.3 Å². The van der Waals surface area contributed by atoms with Crippen LogP contribution >= 0.6 is 0 Å². The lowest BCUT2D eigenvalue weighted by Gasteiger charge is -2.22. The normalized spacial score (nSPS) is 17.3. The van der Waals surface area contributed by atoms with E-state index >= 15 is 0 Å². The fourth-order valence-electron chi connectivity index (χ4n) is 3.56. The first-order valence-corrected chi connectivity index (χ1v) is 10.7. The van der Waals surface area contributed by atoms with Crippen molar-refractivity contribution in [1.29, 1.82) is 0 Å².